The molecule has 0 saturated carbocycles. The normalized spacial score (nSPS) is 10.8. The van der Waals surface area contributed by atoms with E-state index in [9.17, 15) is 4.39 Å². The zero-order valence-corrected chi connectivity index (χ0v) is 11.0. The summed E-state index contributed by atoms with van der Waals surface area (Å²) in [6, 6.07) is 9.05. The van der Waals surface area contributed by atoms with Gasteiger partial charge in [0.15, 0.2) is 0 Å². The van der Waals surface area contributed by atoms with Gasteiger partial charge in [-0.1, -0.05) is 30.7 Å². The van der Waals surface area contributed by atoms with Gasteiger partial charge in [0.2, 0.25) is 0 Å². The van der Waals surface area contributed by atoms with Crippen molar-refractivity contribution in [2.24, 2.45) is 0 Å². The van der Waals surface area contributed by atoms with E-state index >= 15 is 0 Å². The van der Waals surface area contributed by atoms with Gasteiger partial charge in [0.25, 0.3) is 0 Å². The van der Waals surface area contributed by atoms with Crippen molar-refractivity contribution in [3.63, 3.8) is 0 Å². The van der Waals surface area contributed by atoms with E-state index in [4.69, 9.17) is 11.6 Å². The molecule has 1 aromatic heterocycles. The quantitative estimate of drug-likeness (QED) is 0.872. The summed E-state index contributed by atoms with van der Waals surface area (Å²) in [5.74, 6) is -0.173. The number of hydrogen-bond donors (Lipinski definition) is 1. The van der Waals surface area contributed by atoms with E-state index in [1.165, 1.54) is 11.3 Å². The molecule has 2 rings (SSSR count). The van der Waals surface area contributed by atoms with E-state index in [1.807, 2.05) is 31.2 Å². The third-order valence-electron chi connectivity index (χ3n) is 2.48. The first-order valence-corrected chi connectivity index (χ1v) is 6.65. The number of halogens is 2. The minimum atomic E-state index is -0.173. The zero-order chi connectivity index (χ0) is 12.3. The Kier molecular flexibility index (Phi) is 4.15. The Morgan fingerprint density at radius 2 is 2.12 bits per heavy atom. The minimum Gasteiger partial charge on any atom is -0.313 e. The summed E-state index contributed by atoms with van der Waals surface area (Å²) >= 11 is 7.32. The van der Waals surface area contributed by atoms with Crippen LogP contribution in [0.4, 0.5) is 4.39 Å². The first-order chi connectivity index (χ1) is 8.20. The molecule has 0 atom stereocenters. The van der Waals surface area contributed by atoms with Crippen molar-refractivity contribution in [2.75, 3.05) is 6.54 Å². The van der Waals surface area contributed by atoms with Crippen LogP contribution in [0.25, 0.3) is 10.4 Å². The largest absolute Gasteiger partial charge is 0.313 e. The number of nitrogens with one attached hydrogen (secondary N) is 1. The molecule has 4 heteroatoms. The second kappa shape index (κ2) is 5.63. The van der Waals surface area contributed by atoms with E-state index in [2.05, 4.69) is 5.32 Å². The first kappa shape index (κ1) is 12.6. The van der Waals surface area contributed by atoms with Crippen LogP contribution in [0, 0.1) is 5.82 Å². The van der Waals surface area contributed by atoms with Gasteiger partial charge in [-0.25, -0.2) is 4.39 Å². The Hall–Kier alpha value is -0.900. The lowest BCUT2D eigenvalue weighted by Crippen LogP contribution is -2.12. The fourth-order valence-corrected chi connectivity index (χ4v) is 2.61. The van der Waals surface area contributed by atoms with Crippen LogP contribution in [0.5, 0.6) is 0 Å². The maximum Gasteiger partial charge on any atom is 0.128 e. The molecule has 0 aliphatic carbocycles. The Balaban J connectivity index is 2.24. The van der Waals surface area contributed by atoms with Gasteiger partial charge in [0.05, 0.1) is 4.34 Å². The lowest BCUT2D eigenvalue weighted by Gasteiger charge is -2.05. The zero-order valence-electron chi connectivity index (χ0n) is 9.47. The highest BCUT2D eigenvalue weighted by Crippen LogP contribution is 2.31. The molecule has 0 radical (unpaired) electrons. The number of rotatable bonds is 4. The molecule has 1 N–H and O–H groups in total. The Labute approximate surface area is 109 Å². The summed E-state index contributed by atoms with van der Waals surface area (Å²) in [6.45, 7) is 3.40. The highest BCUT2D eigenvalue weighted by molar-refractivity contribution is 7.19. The van der Waals surface area contributed by atoms with Crippen LogP contribution in [-0.2, 0) is 6.54 Å². The van der Waals surface area contributed by atoms with Gasteiger partial charge in [-0.2, -0.15) is 0 Å². The lowest BCUT2D eigenvalue weighted by atomic mass is 10.1. The topological polar surface area (TPSA) is 12.0 Å². The third-order valence-corrected chi connectivity index (χ3v) is 3.76. The van der Waals surface area contributed by atoms with Crippen molar-refractivity contribution in [3.05, 3.63) is 46.0 Å². The second-order valence-electron chi connectivity index (χ2n) is 3.69. The van der Waals surface area contributed by atoms with Gasteiger partial charge in [-0.15, -0.1) is 11.3 Å². The van der Waals surface area contributed by atoms with Crippen LogP contribution >= 0.6 is 22.9 Å². The van der Waals surface area contributed by atoms with Gasteiger partial charge in [-0.05, 0) is 30.3 Å². The maximum atomic E-state index is 13.8. The molecular formula is C13H13ClFNS. The Bertz CT molecular complexity index is 510. The van der Waals surface area contributed by atoms with Crippen LogP contribution in [0.3, 0.4) is 0 Å². The van der Waals surface area contributed by atoms with E-state index in [1.54, 1.807) is 6.07 Å². The van der Waals surface area contributed by atoms with E-state index < -0.39 is 0 Å². The van der Waals surface area contributed by atoms with Gasteiger partial charge in [0, 0.05) is 17.0 Å². The second-order valence-corrected chi connectivity index (χ2v) is 5.41. The molecule has 17 heavy (non-hydrogen) atoms. The highest BCUT2D eigenvalue weighted by Gasteiger charge is 2.06. The van der Waals surface area contributed by atoms with Crippen molar-refractivity contribution < 1.29 is 4.39 Å². The SMILES string of the molecule is CCNCc1ccc(-c2ccc(Cl)s2)cc1F. The predicted octanol–water partition coefficient (Wildman–Crippen LogP) is 4.32. The minimum absolute atomic E-state index is 0.173. The van der Waals surface area contributed by atoms with Crippen molar-refractivity contribution >= 4 is 22.9 Å². The summed E-state index contributed by atoms with van der Waals surface area (Å²) in [7, 11) is 0. The van der Waals surface area contributed by atoms with Crippen LogP contribution < -0.4 is 5.32 Å². The van der Waals surface area contributed by atoms with E-state index in [0.717, 1.165) is 21.3 Å². The fourth-order valence-electron chi connectivity index (χ4n) is 1.57. The van der Waals surface area contributed by atoms with E-state index in [0.29, 0.717) is 12.1 Å². The Morgan fingerprint density at radius 1 is 1.29 bits per heavy atom. The molecule has 1 aromatic carbocycles. The standard InChI is InChI=1S/C13H13ClFNS/c1-2-16-8-10-4-3-9(7-11(10)15)12-5-6-13(14)17-12/h3-7,16H,2,8H2,1H3. The number of benzene rings is 1. The maximum absolute atomic E-state index is 13.8. The molecule has 0 unspecified atom stereocenters. The lowest BCUT2D eigenvalue weighted by molar-refractivity contribution is 0.594. The van der Waals surface area contributed by atoms with Gasteiger partial charge in [-0.3, -0.25) is 0 Å². The average Bonchev–Trinajstić information content (AvgIpc) is 2.74. The monoisotopic (exact) mass is 269 g/mol. The van der Waals surface area contributed by atoms with Crippen molar-refractivity contribution in [3.8, 4) is 10.4 Å². The molecule has 90 valence electrons. The van der Waals surface area contributed by atoms with Crippen LogP contribution in [0.1, 0.15) is 12.5 Å². The van der Waals surface area contributed by atoms with Gasteiger partial charge < -0.3 is 5.32 Å². The van der Waals surface area contributed by atoms with Crippen LogP contribution in [0.2, 0.25) is 4.34 Å². The smallest absolute Gasteiger partial charge is 0.128 e. The van der Waals surface area contributed by atoms with Crippen molar-refractivity contribution in [1.82, 2.24) is 5.32 Å². The molecule has 0 aliphatic rings. The average molecular weight is 270 g/mol. The summed E-state index contributed by atoms with van der Waals surface area (Å²) in [4.78, 5) is 0.990. The van der Waals surface area contributed by atoms with Crippen molar-refractivity contribution in [2.45, 2.75) is 13.5 Å². The van der Waals surface area contributed by atoms with Crippen LogP contribution in [0.15, 0.2) is 30.3 Å². The third kappa shape index (κ3) is 3.06. The summed E-state index contributed by atoms with van der Waals surface area (Å²) in [6.07, 6.45) is 0. The van der Waals surface area contributed by atoms with Crippen LogP contribution in [-0.4, -0.2) is 6.54 Å². The van der Waals surface area contributed by atoms with E-state index in [-0.39, 0.29) is 5.82 Å². The molecule has 2 aromatic rings. The fraction of sp³-hybridized carbons (Fsp3) is 0.231. The Morgan fingerprint density at radius 3 is 2.71 bits per heavy atom. The van der Waals surface area contributed by atoms with Gasteiger partial charge in [0.1, 0.15) is 5.82 Å². The molecule has 1 heterocycles. The molecule has 0 spiro atoms. The summed E-state index contributed by atoms with van der Waals surface area (Å²) in [5.41, 5.74) is 1.57. The molecule has 0 aliphatic heterocycles. The number of thiophene rings is 1. The first-order valence-electron chi connectivity index (χ1n) is 5.45. The highest BCUT2D eigenvalue weighted by atomic mass is 35.5. The number of hydrogen-bond acceptors (Lipinski definition) is 2. The summed E-state index contributed by atoms with van der Waals surface area (Å²) in [5, 5.41) is 3.11. The molecule has 0 saturated heterocycles. The van der Waals surface area contributed by atoms with Crippen molar-refractivity contribution in [1.29, 1.82) is 0 Å². The predicted molar refractivity (Wildman–Crippen MR) is 72.1 cm³/mol. The molecule has 1 nitrogen and oxygen atoms in total. The molecular weight excluding hydrogens is 257 g/mol. The summed E-state index contributed by atoms with van der Waals surface area (Å²) < 4.78 is 14.5. The van der Waals surface area contributed by atoms with Gasteiger partial charge >= 0.3 is 0 Å². The molecule has 0 fully saturated rings. The molecule has 0 bridgehead atoms. The molecule has 0 amide bonds.